The molecule has 0 amide bonds. The minimum atomic E-state index is -0.0732. The largest absolute Gasteiger partial charge is 0.506 e. The maximum absolute atomic E-state index is 12.9. The van der Waals surface area contributed by atoms with Crippen LogP contribution >= 0.6 is 11.8 Å². The van der Waals surface area contributed by atoms with Gasteiger partial charge in [-0.05, 0) is 75.0 Å². The predicted molar refractivity (Wildman–Crippen MR) is 201 cm³/mol. The first kappa shape index (κ1) is 37.7. The number of phenols is 1. The van der Waals surface area contributed by atoms with Crippen molar-refractivity contribution < 1.29 is 14.3 Å². The number of allylic oxidation sites excluding steroid dienone is 5. The van der Waals surface area contributed by atoms with Gasteiger partial charge in [-0.15, -0.1) is 0 Å². The molecule has 0 unspecified atom stereocenters. The Bertz CT molecular complexity index is 1590. The van der Waals surface area contributed by atoms with Crippen LogP contribution in [0.15, 0.2) is 80.2 Å². The molecule has 0 radical (unpaired) electrons. The van der Waals surface area contributed by atoms with Crippen molar-refractivity contribution in [3.8, 4) is 5.75 Å². The molecule has 7 nitrogen and oxygen atoms in total. The Morgan fingerprint density at radius 2 is 1.83 bits per heavy atom. The highest BCUT2D eigenvalue weighted by Crippen LogP contribution is 2.34. The van der Waals surface area contributed by atoms with Crippen molar-refractivity contribution in [2.45, 2.75) is 87.0 Å². The van der Waals surface area contributed by atoms with E-state index in [4.69, 9.17) is 4.42 Å². The van der Waals surface area contributed by atoms with Gasteiger partial charge in [0.25, 0.3) is 0 Å². The van der Waals surface area contributed by atoms with Gasteiger partial charge in [0.05, 0.1) is 5.69 Å². The van der Waals surface area contributed by atoms with E-state index in [9.17, 15) is 14.7 Å². The number of aliphatic imine (C=N–C) groups is 1. The lowest BCUT2D eigenvalue weighted by atomic mass is 9.92. The number of nitrogens with zero attached hydrogens (tertiary/aromatic N) is 2. The molecule has 2 aliphatic rings. The highest BCUT2D eigenvalue weighted by Gasteiger charge is 2.21. The third-order valence-electron chi connectivity index (χ3n) is 8.64. The number of Topliss-reactive ketones (excluding diaryl/α,β-unsaturated/α-hetero) is 1. The van der Waals surface area contributed by atoms with Gasteiger partial charge >= 0.3 is 0 Å². The van der Waals surface area contributed by atoms with Crippen LogP contribution in [-0.2, 0) is 4.79 Å². The normalized spacial score (nSPS) is 16.5. The van der Waals surface area contributed by atoms with E-state index < -0.39 is 0 Å². The number of phenolic OH excluding ortho intramolecular Hbond substituents is 1. The van der Waals surface area contributed by atoms with Crippen LogP contribution in [0.25, 0.3) is 5.57 Å². The average Bonchev–Trinajstić information content (AvgIpc) is 3.60. The summed E-state index contributed by atoms with van der Waals surface area (Å²) in [7, 11) is 0. The van der Waals surface area contributed by atoms with E-state index in [1.54, 1.807) is 25.1 Å². The number of nitrogens with one attached hydrogen (secondary N) is 1. The highest BCUT2D eigenvalue weighted by molar-refractivity contribution is 7.99. The van der Waals surface area contributed by atoms with E-state index in [1.807, 2.05) is 77.6 Å². The lowest BCUT2D eigenvalue weighted by Gasteiger charge is -2.27. The smallest absolute Gasteiger partial charge is 0.200 e. The first-order valence-electron chi connectivity index (χ1n) is 17.0. The van der Waals surface area contributed by atoms with Crippen LogP contribution in [0.4, 0.5) is 11.6 Å². The first-order valence-corrected chi connectivity index (χ1v) is 18.2. The Kier molecular flexibility index (Phi) is 14.9. The molecule has 2 fully saturated rings. The van der Waals surface area contributed by atoms with Crippen molar-refractivity contribution in [3.05, 3.63) is 93.2 Å². The standard InChI is InChI=1S/C37H47N3O4S.C2H6/c1-7-28(21-30(33(41)9-3)20-27-12-10-11-13-27)25(5)38-26(6)39-32-15-14-29(22-35(32)43)31(8-2)37-24(4)34(42)23-36(44-37)40-16-18-45-19-17-40;1-2/h7-8,14-15,21-23,27,39,43H,6,9-13,16-20H2,1-5H3;1-2H3/b28-7-,30-21+,31-8-,38-25-;. The molecule has 1 saturated heterocycles. The van der Waals surface area contributed by atoms with E-state index >= 15 is 0 Å². The molecular weight excluding hydrogens is 607 g/mol. The molecule has 2 aromatic rings. The number of rotatable bonds is 12. The minimum absolute atomic E-state index is 0.0172. The van der Waals surface area contributed by atoms with Gasteiger partial charge in [0, 0.05) is 53.9 Å². The summed E-state index contributed by atoms with van der Waals surface area (Å²) in [5.41, 5.74) is 4.83. The van der Waals surface area contributed by atoms with Crippen LogP contribution in [0.1, 0.15) is 97.0 Å². The molecule has 4 rings (SSSR count). The molecule has 1 aromatic heterocycles. The van der Waals surface area contributed by atoms with Gasteiger partial charge in [-0.2, -0.15) is 11.8 Å². The van der Waals surface area contributed by atoms with Crippen molar-refractivity contribution >= 4 is 40.4 Å². The fourth-order valence-electron chi connectivity index (χ4n) is 6.01. The number of hydrogen-bond acceptors (Lipinski definition) is 8. The van der Waals surface area contributed by atoms with Crippen LogP contribution in [0.3, 0.4) is 0 Å². The number of carbonyl (C=O) groups excluding carboxylic acids is 1. The second kappa shape index (κ2) is 18.5. The van der Waals surface area contributed by atoms with Gasteiger partial charge in [-0.3, -0.25) is 9.59 Å². The van der Waals surface area contributed by atoms with Crippen molar-refractivity contribution in [1.29, 1.82) is 0 Å². The second-order valence-electron chi connectivity index (χ2n) is 11.8. The summed E-state index contributed by atoms with van der Waals surface area (Å²) in [6.45, 7) is 19.1. The number of benzene rings is 1. The highest BCUT2D eigenvalue weighted by atomic mass is 32.2. The predicted octanol–water partition coefficient (Wildman–Crippen LogP) is 9.46. The van der Waals surface area contributed by atoms with Crippen molar-refractivity contribution in [3.63, 3.8) is 0 Å². The van der Waals surface area contributed by atoms with Crippen molar-refractivity contribution in [2.75, 3.05) is 34.8 Å². The third kappa shape index (κ3) is 10.1. The summed E-state index contributed by atoms with van der Waals surface area (Å²) in [5.74, 6) is 4.21. The molecule has 254 valence electrons. The number of carbonyl (C=O) groups is 1. The van der Waals surface area contributed by atoms with Crippen LogP contribution in [0, 0.1) is 12.8 Å². The molecule has 47 heavy (non-hydrogen) atoms. The second-order valence-corrected chi connectivity index (χ2v) is 13.0. The molecule has 1 saturated carbocycles. The average molecular weight is 660 g/mol. The number of anilines is 2. The zero-order valence-corrected chi connectivity index (χ0v) is 30.2. The van der Waals surface area contributed by atoms with Gasteiger partial charge in [-0.1, -0.05) is 71.3 Å². The summed E-state index contributed by atoms with van der Waals surface area (Å²) >= 11 is 1.90. The van der Waals surface area contributed by atoms with Crippen molar-refractivity contribution in [2.24, 2.45) is 10.9 Å². The quantitative estimate of drug-likeness (QED) is 0.101. The first-order chi connectivity index (χ1) is 22.6. The molecule has 1 aliphatic heterocycles. The lowest BCUT2D eigenvalue weighted by molar-refractivity contribution is -0.115. The molecule has 0 spiro atoms. The third-order valence-corrected chi connectivity index (χ3v) is 9.58. The Morgan fingerprint density at radius 1 is 1.15 bits per heavy atom. The molecule has 2 heterocycles. The van der Waals surface area contributed by atoms with E-state index in [1.165, 1.54) is 25.7 Å². The molecule has 1 aliphatic carbocycles. The Hall–Kier alpha value is -3.78. The fraction of sp³-hybridized carbons (Fsp3) is 0.462. The fourth-order valence-corrected chi connectivity index (χ4v) is 6.92. The van der Waals surface area contributed by atoms with Gasteiger partial charge < -0.3 is 19.7 Å². The molecule has 1 aromatic carbocycles. The van der Waals surface area contributed by atoms with E-state index in [0.717, 1.165) is 59.0 Å². The number of aromatic hydroxyl groups is 1. The van der Waals surface area contributed by atoms with Crippen LogP contribution in [0.2, 0.25) is 0 Å². The monoisotopic (exact) mass is 659 g/mol. The zero-order valence-electron chi connectivity index (χ0n) is 29.4. The Morgan fingerprint density at radius 3 is 2.43 bits per heavy atom. The molecule has 8 heteroatoms. The van der Waals surface area contributed by atoms with Gasteiger partial charge in [0.2, 0.25) is 0 Å². The summed E-state index contributed by atoms with van der Waals surface area (Å²) in [6.07, 6.45) is 12.0. The topological polar surface area (TPSA) is 95.1 Å². The number of hydrogen-bond donors (Lipinski definition) is 2. The molecule has 0 atom stereocenters. The van der Waals surface area contributed by atoms with E-state index in [-0.39, 0.29) is 17.0 Å². The Labute approximate surface area is 285 Å². The van der Waals surface area contributed by atoms with Crippen LogP contribution in [0.5, 0.6) is 5.75 Å². The molecule has 0 bridgehead atoms. The maximum Gasteiger partial charge on any atom is 0.200 e. The maximum atomic E-state index is 12.9. The SMILES string of the molecule is C=C(\N=C(C)/C(=C\C)/C=C(\CC1CCCC1)C(=O)CC)Nc1ccc(/C(=C/C)c2oc(N3CCSCC3)cc(=O)c2C)cc1O.CC. The Balaban J connectivity index is 0.00000294. The summed E-state index contributed by atoms with van der Waals surface area (Å²) in [4.78, 5) is 32.5. The lowest BCUT2D eigenvalue weighted by Crippen LogP contribution is -2.33. The van der Waals surface area contributed by atoms with Crippen LogP contribution < -0.4 is 15.6 Å². The zero-order chi connectivity index (χ0) is 34.5. The van der Waals surface area contributed by atoms with Gasteiger partial charge in [0.1, 0.15) is 17.3 Å². The molecule has 2 N–H and O–H groups in total. The van der Waals surface area contributed by atoms with Gasteiger partial charge in [-0.25, -0.2) is 4.99 Å². The summed E-state index contributed by atoms with van der Waals surface area (Å²) in [5, 5.41) is 14.1. The van der Waals surface area contributed by atoms with Crippen LogP contribution in [-0.4, -0.2) is 41.2 Å². The number of thioether (sulfide) groups is 1. The van der Waals surface area contributed by atoms with Gasteiger partial charge in [0.15, 0.2) is 17.1 Å². The van der Waals surface area contributed by atoms with Crippen molar-refractivity contribution in [1.82, 2.24) is 0 Å². The van der Waals surface area contributed by atoms with E-state index in [0.29, 0.717) is 41.1 Å². The summed E-state index contributed by atoms with van der Waals surface area (Å²) in [6, 6.07) is 6.86. The summed E-state index contributed by atoms with van der Waals surface area (Å²) < 4.78 is 6.32. The van der Waals surface area contributed by atoms with E-state index in [2.05, 4.69) is 21.8 Å². The minimum Gasteiger partial charge on any atom is -0.506 e. The number of ketones is 1. The molecular formula is C39H53N3O4S.